The summed E-state index contributed by atoms with van der Waals surface area (Å²) < 4.78 is 7.37. The van der Waals surface area contributed by atoms with Gasteiger partial charge in [0.05, 0.1) is 27.6 Å². The number of benzene rings is 9. The normalized spacial score (nSPS) is 12.3. The molecule has 0 saturated heterocycles. The van der Waals surface area contributed by atoms with Gasteiger partial charge in [0.15, 0.2) is 17.5 Å². The van der Waals surface area contributed by atoms with Gasteiger partial charge in [-0.1, -0.05) is 140 Å². The summed E-state index contributed by atoms with van der Waals surface area (Å²) in [6, 6.07) is 67.8. The highest BCUT2D eigenvalue weighted by Crippen LogP contribution is 2.46. The Labute approximate surface area is 352 Å². The van der Waals surface area contributed by atoms with Crippen molar-refractivity contribution >= 4 is 102 Å². The highest BCUT2D eigenvalue weighted by atomic mass is 32.1. The molecule has 0 aliphatic carbocycles. The maximum Gasteiger partial charge on any atom is 0.164 e. The Balaban J connectivity index is 1.13. The van der Waals surface area contributed by atoms with Crippen LogP contribution >= 0.6 is 11.3 Å². The van der Waals surface area contributed by atoms with Crippen LogP contribution < -0.4 is 0 Å². The van der Waals surface area contributed by atoms with Crippen molar-refractivity contribution in [3.05, 3.63) is 188 Å². The Morgan fingerprint density at radius 1 is 0.361 bits per heavy atom. The standard InChI is InChI=1S/C55H31N5S/c1-3-14-32(15-4-1)53-56-54(33-16-5-2-6-17-33)58-55(57-53)44-28-36(29-50-51(44)40-21-10-12-25-49(40)61-50)59-46-27-35-19-8-7-18-34(35)26-41(46)43-30-42-39-23-13-22-38-37-20-9-11-24-45(37)60(52(38)39)48(42)31-47(43)59/h1-31H. The van der Waals surface area contributed by atoms with Crippen LogP contribution in [-0.2, 0) is 0 Å². The summed E-state index contributed by atoms with van der Waals surface area (Å²) in [5, 5.41) is 12.3. The Bertz CT molecular complexity index is 4050. The fraction of sp³-hybridized carbons (Fsp3) is 0. The lowest BCUT2D eigenvalue weighted by atomic mass is 10.0. The van der Waals surface area contributed by atoms with Crippen LogP contribution in [0.5, 0.6) is 0 Å². The number of aromatic nitrogens is 5. The summed E-state index contributed by atoms with van der Waals surface area (Å²) >= 11 is 1.82. The number of hydrogen-bond donors (Lipinski definition) is 0. The molecule has 14 rings (SSSR count). The summed E-state index contributed by atoms with van der Waals surface area (Å²) in [6.45, 7) is 0. The molecule has 0 atom stereocenters. The van der Waals surface area contributed by atoms with Crippen molar-refractivity contribution in [1.82, 2.24) is 23.9 Å². The van der Waals surface area contributed by atoms with Gasteiger partial charge in [-0.2, -0.15) is 0 Å². The van der Waals surface area contributed by atoms with Gasteiger partial charge in [0.1, 0.15) is 0 Å². The monoisotopic (exact) mass is 793 g/mol. The zero-order chi connectivity index (χ0) is 39.8. The highest BCUT2D eigenvalue weighted by molar-refractivity contribution is 7.26. The predicted molar refractivity (Wildman–Crippen MR) is 256 cm³/mol. The molecule has 5 nitrogen and oxygen atoms in total. The first-order valence-electron chi connectivity index (χ1n) is 20.6. The first-order chi connectivity index (χ1) is 30.2. The number of rotatable bonds is 4. The van der Waals surface area contributed by atoms with Crippen molar-refractivity contribution in [2.45, 2.75) is 0 Å². The summed E-state index contributed by atoms with van der Waals surface area (Å²) in [5.74, 6) is 1.93. The Hall–Kier alpha value is -7.93. The van der Waals surface area contributed by atoms with E-state index < -0.39 is 0 Å². The lowest BCUT2D eigenvalue weighted by Crippen LogP contribution is -2.01. The summed E-state index contributed by atoms with van der Waals surface area (Å²) in [6.07, 6.45) is 0. The van der Waals surface area contributed by atoms with E-state index in [0.717, 1.165) is 38.8 Å². The number of nitrogens with zero attached hydrogens (tertiary/aromatic N) is 5. The van der Waals surface area contributed by atoms with Crippen LogP contribution in [0.3, 0.4) is 0 Å². The molecular weight excluding hydrogens is 763 g/mol. The van der Waals surface area contributed by atoms with Gasteiger partial charge in [-0.25, -0.2) is 15.0 Å². The number of thiophene rings is 1. The van der Waals surface area contributed by atoms with Crippen molar-refractivity contribution in [1.29, 1.82) is 0 Å². The molecule has 0 amide bonds. The number of hydrogen-bond acceptors (Lipinski definition) is 4. The second-order valence-electron chi connectivity index (χ2n) is 16.0. The molecule has 5 heterocycles. The third kappa shape index (κ3) is 4.68. The summed E-state index contributed by atoms with van der Waals surface area (Å²) in [5.41, 5.74) is 9.94. The number of fused-ring (bicyclic) bond motifs is 13. The van der Waals surface area contributed by atoms with Crippen LogP contribution in [0.1, 0.15) is 0 Å². The molecule has 9 aromatic carbocycles. The van der Waals surface area contributed by atoms with E-state index in [1.54, 1.807) is 0 Å². The van der Waals surface area contributed by atoms with E-state index in [9.17, 15) is 0 Å². The van der Waals surface area contributed by atoms with Crippen LogP contribution in [0.2, 0.25) is 0 Å². The van der Waals surface area contributed by atoms with Gasteiger partial charge in [0, 0.05) is 74.9 Å². The van der Waals surface area contributed by atoms with Crippen LogP contribution in [0.15, 0.2) is 188 Å². The molecule has 0 spiro atoms. The van der Waals surface area contributed by atoms with Gasteiger partial charge in [0.25, 0.3) is 0 Å². The van der Waals surface area contributed by atoms with Crippen LogP contribution in [-0.4, -0.2) is 23.9 Å². The van der Waals surface area contributed by atoms with Gasteiger partial charge in [-0.3, -0.25) is 0 Å². The highest BCUT2D eigenvalue weighted by Gasteiger charge is 2.24. The van der Waals surface area contributed by atoms with E-state index in [1.165, 1.54) is 74.4 Å². The number of para-hydroxylation sites is 2. The Kier molecular flexibility index (Phi) is 6.65. The zero-order valence-corrected chi connectivity index (χ0v) is 33.4. The van der Waals surface area contributed by atoms with Crippen molar-refractivity contribution in [3.63, 3.8) is 0 Å². The van der Waals surface area contributed by atoms with Crippen molar-refractivity contribution in [2.75, 3.05) is 0 Å². The maximum atomic E-state index is 5.31. The molecular formula is C55H31N5S. The first kappa shape index (κ1) is 33.0. The molecule has 0 radical (unpaired) electrons. The summed E-state index contributed by atoms with van der Waals surface area (Å²) in [7, 11) is 0. The van der Waals surface area contributed by atoms with Crippen LogP contribution in [0.25, 0.3) is 131 Å². The van der Waals surface area contributed by atoms with E-state index in [1.807, 2.05) is 47.7 Å². The maximum absolute atomic E-state index is 5.31. The Morgan fingerprint density at radius 2 is 0.934 bits per heavy atom. The molecule has 0 N–H and O–H groups in total. The third-order valence-corrected chi connectivity index (χ3v) is 13.8. The van der Waals surface area contributed by atoms with E-state index >= 15 is 0 Å². The fourth-order valence-corrected chi connectivity index (χ4v) is 11.1. The topological polar surface area (TPSA) is 48.0 Å². The minimum absolute atomic E-state index is 0.645. The van der Waals surface area contributed by atoms with Gasteiger partial charge in [-0.15, -0.1) is 11.3 Å². The van der Waals surface area contributed by atoms with Gasteiger partial charge in [0.2, 0.25) is 0 Å². The smallest absolute Gasteiger partial charge is 0.164 e. The van der Waals surface area contributed by atoms with E-state index in [4.69, 9.17) is 15.0 Å². The molecule has 5 aromatic heterocycles. The van der Waals surface area contributed by atoms with E-state index in [0.29, 0.717) is 17.5 Å². The third-order valence-electron chi connectivity index (χ3n) is 12.6. The molecule has 0 bridgehead atoms. The minimum atomic E-state index is 0.645. The Morgan fingerprint density at radius 3 is 1.70 bits per heavy atom. The van der Waals surface area contributed by atoms with Crippen LogP contribution in [0, 0.1) is 0 Å². The quantitative estimate of drug-likeness (QED) is 0.178. The molecule has 0 saturated carbocycles. The lowest BCUT2D eigenvalue weighted by Gasteiger charge is -2.14. The average Bonchev–Trinajstić information content (AvgIpc) is 4.06. The second kappa shape index (κ2) is 12.3. The van der Waals surface area contributed by atoms with Crippen LogP contribution in [0.4, 0.5) is 0 Å². The van der Waals surface area contributed by atoms with Gasteiger partial charge < -0.3 is 8.97 Å². The lowest BCUT2D eigenvalue weighted by molar-refractivity contribution is 1.07. The molecule has 0 unspecified atom stereocenters. The van der Waals surface area contributed by atoms with Gasteiger partial charge >= 0.3 is 0 Å². The summed E-state index contributed by atoms with van der Waals surface area (Å²) in [4.78, 5) is 15.7. The molecule has 0 aliphatic heterocycles. The van der Waals surface area contributed by atoms with Gasteiger partial charge in [-0.05, 0) is 59.3 Å². The zero-order valence-electron chi connectivity index (χ0n) is 32.5. The SMILES string of the molecule is c1ccc(-c2nc(-c3ccccc3)nc(-c3cc(-n4c5cc6ccccc6cc5c5cc6c7cccc8c9ccccc9n(c6cc54)c87)cc4sc5ccccc5c34)n2)cc1. The van der Waals surface area contributed by atoms with Crippen molar-refractivity contribution in [2.24, 2.45) is 0 Å². The molecule has 14 aromatic rings. The molecule has 6 heteroatoms. The molecule has 61 heavy (non-hydrogen) atoms. The van der Waals surface area contributed by atoms with Crippen molar-refractivity contribution < 1.29 is 0 Å². The van der Waals surface area contributed by atoms with Crippen molar-refractivity contribution in [3.8, 4) is 39.9 Å². The van der Waals surface area contributed by atoms with E-state index in [-0.39, 0.29) is 0 Å². The largest absolute Gasteiger partial charge is 0.309 e. The molecule has 282 valence electrons. The molecule has 0 fully saturated rings. The second-order valence-corrected chi connectivity index (χ2v) is 17.1. The predicted octanol–water partition coefficient (Wildman–Crippen LogP) is 14.6. The fourth-order valence-electron chi connectivity index (χ4n) is 9.98. The minimum Gasteiger partial charge on any atom is -0.309 e. The van der Waals surface area contributed by atoms with E-state index in [2.05, 4.69) is 161 Å². The molecule has 0 aliphatic rings. The first-order valence-corrected chi connectivity index (χ1v) is 21.4. The average molecular weight is 794 g/mol.